The molecule has 0 radical (unpaired) electrons. The van der Waals surface area contributed by atoms with Crippen molar-refractivity contribution in [2.75, 3.05) is 6.61 Å². The molecule has 1 N–H and O–H groups in total. The Kier molecular flexibility index (Phi) is 5.19. The summed E-state index contributed by atoms with van der Waals surface area (Å²) in [5, 5.41) is 0.806. The van der Waals surface area contributed by atoms with Gasteiger partial charge in [-0.3, -0.25) is 4.79 Å². The maximum absolute atomic E-state index is 12.5. The number of aromatic amines is 1. The van der Waals surface area contributed by atoms with Crippen LogP contribution in [0, 0.1) is 0 Å². The van der Waals surface area contributed by atoms with Gasteiger partial charge in [-0.1, -0.05) is 40.2 Å². The van der Waals surface area contributed by atoms with E-state index in [9.17, 15) is 9.59 Å². The Morgan fingerprint density at radius 2 is 1.96 bits per heavy atom. The van der Waals surface area contributed by atoms with E-state index in [1.807, 2.05) is 30.3 Å². The van der Waals surface area contributed by atoms with Gasteiger partial charge in [0, 0.05) is 27.1 Å². The highest BCUT2D eigenvalue weighted by molar-refractivity contribution is 9.10. The second-order valence-corrected chi connectivity index (χ2v) is 6.41. The zero-order valence-electron chi connectivity index (χ0n) is 13.5. The Bertz CT molecular complexity index is 918. The fourth-order valence-electron chi connectivity index (χ4n) is 2.48. The summed E-state index contributed by atoms with van der Waals surface area (Å²) >= 11 is 3.33. The number of nitrogens with one attached hydrogen (secondary N) is 1. The lowest BCUT2D eigenvalue weighted by Crippen LogP contribution is -2.27. The van der Waals surface area contributed by atoms with Crippen LogP contribution in [0.3, 0.4) is 0 Å². The van der Waals surface area contributed by atoms with Crippen molar-refractivity contribution in [3.05, 3.63) is 64.8 Å². The molecule has 0 aliphatic rings. The van der Waals surface area contributed by atoms with E-state index in [-0.39, 0.29) is 12.4 Å². The molecule has 0 aliphatic carbocycles. The van der Waals surface area contributed by atoms with Gasteiger partial charge in [-0.2, -0.15) is 0 Å². The summed E-state index contributed by atoms with van der Waals surface area (Å²) in [6, 6.07) is 14.6. The van der Waals surface area contributed by atoms with E-state index in [0.29, 0.717) is 11.3 Å². The molecule has 0 aliphatic heterocycles. The molecule has 0 spiro atoms. The van der Waals surface area contributed by atoms with Gasteiger partial charge in [0.2, 0.25) is 5.78 Å². The van der Waals surface area contributed by atoms with Crippen molar-refractivity contribution < 1.29 is 19.1 Å². The summed E-state index contributed by atoms with van der Waals surface area (Å²) in [7, 11) is 0. The summed E-state index contributed by atoms with van der Waals surface area (Å²) in [6.45, 7) is 1.29. The van der Waals surface area contributed by atoms with Crippen LogP contribution in [0.25, 0.3) is 10.9 Å². The topological polar surface area (TPSA) is 68.4 Å². The molecule has 5 nitrogen and oxygen atoms in total. The molecule has 2 aromatic carbocycles. The number of halogens is 1. The number of ketones is 1. The molecule has 128 valence electrons. The number of ether oxygens (including phenoxy) is 2. The Hall–Kier alpha value is -2.60. The van der Waals surface area contributed by atoms with Gasteiger partial charge in [-0.25, -0.2) is 4.79 Å². The Labute approximate surface area is 153 Å². The highest BCUT2D eigenvalue weighted by Gasteiger charge is 2.22. The molecule has 1 atom stereocenters. The van der Waals surface area contributed by atoms with E-state index in [1.54, 1.807) is 31.3 Å². The second-order valence-electron chi connectivity index (χ2n) is 5.49. The minimum Gasteiger partial charge on any atom is -0.482 e. The number of para-hydroxylation sites is 1. The van der Waals surface area contributed by atoms with E-state index in [2.05, 4.69) is 20.9 Å². The highest BCUT2D eigenvalue weighted by Crippen LogP contribution is 2.20. The zero-order chi connectivity index (χ0) is 17.8. The molecule has 3 rings (SSSR count). The van der Waals surface area contributed by atoms with Gasteiger partial charge in [0.1, 0.15) is 5.75 Å². The number of Topliss-reactive ketones (excluding diaryl/α,β-unsaturated/α-hetero) is 1. The first-order chi connectivity index (χ1) is 12.0. The number of carbonyl (C=O) groups is 2. The monoisotopic (exact) mass is 401 g/mol. The van der Waals surface area contributed by atoms with Gasteiger partial charge in [0.05, 0.1) is 0 Å². The number of hydrogen-bond acceptors (Lipinski definition) is 4. The van der Waals surface area contributed by atoms with Crippen molar-refractivity contribution in [3.8, 4) is 5.75 Å². The molecule has 0 bridgehead atoms. The number of H-pyrrole nitrogens is 1. The van der Waals surface area contributed by atoms with Crippen LogP contribution in [0.15, 0.2) is 59.2 Å². The van der Waals surface area contributed by atoms with Gasteiger partial charge < -0.3 is 14.5 Å². The summed E-state index contributed by atoms with van der Waals surface area (Å²) in [4.78, 5) is 27.5. The SMILES string of the molecule is C[C@@H](OC(=O)COc1cccc(Br)c1)C(=O)c1c[nH]c2ccccc12. The van der Waals surface area contributed by atoms with Gasteiger partial charge in [0.15, 0.2) is 12.7 Å². The Balaban J connectivity index is 1.60. The quantitative estimate of drug-likeness (QED) is 0.498. The number of rotatable bonds is 6. The summed E-state index contributed by atoms with van der Waals surface area (Å²) in [5.74, 6) is -0.309. The fourth-order valence-corrected chi connectivity index (χ4v) is 2.86. The van der Waals surface area contributed by atoms with Crippen LogP contribution < -0.4 is 4.74 Å². The maximum Gasteiger partial charge on any atom is 0.344 e. The normalized spacial score (nSPS) is 11.9. The first kappa shape index (κ1) is 17.2. The molecule has 3 aromatic rings. The predicted octanol–water partition coefficient (Wildman–Crippen LogP) is 4.12. The number of carbonyl (C=O) groups excluding carboxylic acids is 2. The Morgan fingerprint density at radius 3 is 2.76 bits per heavy atom. The van der Waals surface area contributed by atoms with Crippen LogP contribution in [0.5, 0.6) is 5.75 Å². The van der Waals surface area contributed by atoms with Crippen LogP contribution in [0.4, 0.5) is 0 Å². The largest absolute Gasteiger partial charge is 0.482 e. The van der Waals surface area contributed by atoms with Gasteiger partial charge in [0.25, 0.3) is 0 Å². The zero-order valence-corrected chi connectivity index (χ0v) is 15.1. The van der Waals surface area contributed by atoms with Crippen LogP contribution in [-0.4, -0.2) is 29.4 Å². The van der Waals surface area contributed by atoms with Crippen molar-refractivity contribution in [3.63, 3.8) is 0 Å². The molecule has 1 aromatic heterocycles. The molecule has 6 heteroatoms. The van der Waals surface area contributed by atoms with Gasteiger partial charge in [-0.15, -0.1) is 0 Å². The lowest BCUT2D eigenvalue weighted by Gasteiger charge is -2.12. The van der Waals surface area contributed by atoms with Gasteiger partial charge in [-0.05, 0) is 31.2 Å². The van der Waals surface area contributed by atoms with Crippen molar-refractivity contribution >= 4 is 38.6 Å². The van der Waals surface area contributed by atoms with Crippen LogP contribution in [0.2, 0.25) is 0 Å². The lowest BCUT2D eigenvalue weighted by atomic mass is 10.1. The molecule has 0 fully saturated rings. The van der Waals surface area contributed by atoms with E-state index in [4.69, 9.17) is 9.47 Å². The van der Waals surface area contributed by atoms with Crippen molar-refractivity contribution in [1.82, 2.24) is 4.98 Å². The van der Waals surface area contributed by atoms with Crippen LogP contribution in [0.1, 0.15) is 17.3 Å². The minimum absolute atomic E-state index is 0.256. The van der Waals surface area contributed by atoms with E-state index < -0.39 is 12.1 Å². The minimum atomic E-state index is -0.891. The first-order valence-corrected chi connectivity index (χ1v) is 8.52. The number of benzene rings is 2. The van der Waals surface area contributed by atoms with E-state index in [0.717, 1.165) is 15.4 Å². The third kappa shape index (κ3) is 4.09. The van der Waals surface area contributed by atoms with E-state index >= 15 is 0 Å². The Morgan fingerprint density at radius 1 is 1.16 bits per heavy atom. The molecule has 0 saturated heterocycles. The van der Waals surface area contributed by atoms with Crippen molar-refractivity contribution in [1.29, 1.82) is 0 Å². The lowest BCUT2D eigenvalue weighted by molar-refractivity contribution is -0.148. The maximum atomic E-state index is 12.5. The van der Waals surface area contributed by atoms with Crippen LogP contribution >= 0.6 is 15.9 Å². The van der Waals surface area contributed by atoms with Crippen molar-refractivity contribution in [2.24, 2.45) is 0 Å². The van der Waals surface area contributed by atoms with Gasteiger partial charge >= 0.3 is 5.97 Å². The molecular weight excluding hydrogens is 386 g/mol. The summed E-state index contributed by atoms with van der Waals surface area (Å²) in [6.07, 6.45) is 0.743. The molecule has 25 heavy (non-hydrogen) atoms. The highest BCUT2D eigenvalue weighted by atomic mass is 79.9. The van der Waals surface area contributed by atoms with E-state index in [1.165, 1.54) is 0 Å². The first-order valence-electron chi connectivity index (χ1n) is 7.73. The standard InChI is InChI=1S/C19H16BrNO4/c1-12(19(23)16-10-21-17-8-3-2-7-15(16)17)25-18(22)11-24-14-6-4-5-13(20)9-14/h2-10,12,21H,11H2,1H3/t12-/m1/s1. The number of esters is 1. The second kappa shape index (κ2) is 7.53. The molecule has 0 unspecified atom stereocenters. The van der Waals surface area contributed by atoms with Crippen molar-refractivity contribution in [2.45, 2.75) is 13.0 Å². The number of fused-ring (bicyclic) bond motifs is 1. The average Bonchev–Trinajstić information content (AvgIpc) is 3.03. The summed E-state index contributed by atoms with van der Waals surface area (Å²) in [5.41, 5.74) is 1.37. The third-order valence-electron chi connectivity index (χ3n) is 3.68. The number of aromatic nitrogens is 1. The molecular formula is C19H16BrNO4. The van der Waals surface area contributed by atoms with Crippen LogP contribution in [-0.2, 0) is 9.53 Å². The summed E-state index contributed by atoms with van der Waals surface area (Å²) < 4.78 is 11.4. The fraction of sp³-hybridized carbons (Fsp3) is 0.158. The smallest absolute Gasteiger partial charge is 0.344 e. The molecule has 0 amide bonds. The molecule has 1 heterocycles. The molecule has 0 saturated carbocycles. The third-order valence-corrected chi connectivity index (χ3v) is 4.18. The predicted molar refractivity (Wildman–Crippen MR) is 97.8 cm³/mol. The number of hydrogen-bond donors (Lipinski definition) is 1. The average molecular weight is 402 g/mol.